The predicted octanol–water partition coefficient (Wildman–Crippen LogP) is 0.840. The summed E-state index contributed by atoms with van der Waals surface area (Å²) in [5.41, 5.74) is 5.53. The van der Waals surface area contributed by atoms with Gasteiger partial charge >= 0.3 is 0 Å². The van der Waals surface area contributed by atoms with Crippen molar-refractivity contribution in [2.24, 2.45) is 10.2 Å². The molecule has 8 heteroatoms. The summed E-state index contributed by atoms with van der Waals surface area (Å²) in [6.45, 7) is 2.77. The van der Waals surface area contributed by atoms with Gasteiger partial charge in [0, 0.05) is 18.8 Å². The average Bonchev–Trinajstić information content (AvgIpc) is 3.19. The number of morpholine rings is 1. The normalized spacial score (nSPS) is 25.6. The van der Waals surface area contributed by atoms with Gasteiger partial charge < -0.3 is 10.5 Å². The minimum Gasteiger partial charge on any atom is -0.399 e. The fourth-order valence-corrected chi connectivity index (χ4v) is 3.60. The first-order chi connectivity index (χ1) is 9.42. The van der Waals surface area contributed by atoms with Gasteiger partial charge in [-0.15, -0.1) is 0 Å². The second-order valence-corrected chi connectivity index (χ2v) is 7.02. The van der Waals surface area contributed by atoms with Crippen molar-refractivity contribution >= 4 is 15.7 Å². The van der Waals surface area contributed by atoms with Crippen LogP contribution in [0.1, 0.15) is 6.92 Å². The third kappa shape index (κ3) is 2.30. The van der Waals surface area contributed by atoms with Crippen LogP contribution in [0.5, 0.6) is 0 Å². The van der Waals surface area contributed by atoms with Crippen LogP contribution in [0.4, 0.5) is 5.69 Å². The smallest absolute Gasteiger partial charge is 0.243 e. The zero-order valence-corrected chi connectivity index (χ0v) is 11.9. The molecule has 0 spiro atoms. The lowest BCUT2D eigenvalue weighted by Gasteiger charge is -2.33. The van der Waals surface area contributed by atoms with E-state index in [0.29, 0.717) is 18.8 Å². The molecular weight excluding hydrogens is 280 g/mol. The molecule has 7 nitrogen and oxygen atoms in total. The molecule has 0 aliphatic carbocycles. The van der Waals surface area contributed by atoms with Crippen LogP contribution in [0.3, 0.4) is 0 Å². The van der Waals surface area contributed by atoms with E-state index in [9.17, 15) is 8.42 Å². The first kappa shape index (κ1) is 13.5. The Morgan fingerprint density at radius 2 is 2.00 bits per heavy atom. The largest absolute Gasteiger partial charge is 0.399 e. The molecule has 2 aliphatic rings. The summed E-state index contributed by atoms with van der Waals surface area (Å²) in [7, 11) is -3.53. The zero-order chi connectivity index (χ0) is 14.4. The Hall–Kier alpha value is -1.51. The number of nitrogens with zero attached hydrogens (tertiary/aromatic N) is 3. The molecule has 2 N–H and O–H groups in total. The monoisotopic (exact) mass is 296 g/mol. The Bertz CT molecular complexity index is 635. The van der Waals surface area contributed by atoms with Crippen molar-refractivity contribution in [1.29, 1.82) is 0 Å². The molecule has 2 aliphatic heterocycles. The minimum atomic E-state index is -3.53. The predicted molar refractivity (Wildman–Crippen MR) is 72.6 cm³/mol. The van der Waals surface area contributed by atoms with E-state index in [0.717, 1.165) is 0 Å². The maximum Gasteiger partial charge on any atom is 0.243 e. The van der Waals surface area contributed by atoms with E-state index in [2.05, 4.69) is 10.2 Å². The van der Waals surface area contributed by atoms with Crippen molar-refractivity contribution in [3.63, 3.8) is 0 Å². The van der Waals surface area contributed by atoms with Crippen molar-refractivity contribution in [1.82, 2.24) is 4.31 Å². The highest BCUT2D eigenvalue weighted by Gasteiger charge is 2.47. The summed E-state index contributed by atoms with van der Waals surface area (Å²) in [6.07, 6.45) is -0.320. The highest BCUT2D eigenvalue weighted by atomic mass is 32.2. The molecule has 108 valence electrons. The molecule has 0 amide bonds. The number of ether oxygens (including phenoxy) is 1. The van der Waals surface area contributed by atoms with Gasteiger partial charge in [-0.3, -0.25) is 0 Å². The number of rotatable bonds is 3. The van der Waals surface area contributed by atoms with E-state index in [1.807, 2.05) is 6.92 Å². The SMILES string of the molecule is CC1(C2CN(S(=O)(=O)c3ccc(N)cc3)CCO2)N=N1. The first-order valence-corrected chi connectivity index (χ1v) is 7.77. The lowest BCUT2D eigenvalue weighted by Crippen LogP contribution is -2.50. The van der Waals surface area contributed by atoms with Crippen LogP contribution < -0.4 is 5.73 Å². The van der Waals surface area contributed by atoms with Gasteiger partial charge in [-0.05, 0) is 31.2 Å². The number of sulfonamides is 1. The van der Waals surface area contributed by atoms with Gasteiger partial charge in [0.05, 0.1) is 11.5 Å². The molecule has 1 aromatic carbocycles. The Morgan fingerprint density at radius 1 is 1.35 bits per heavy atom. The van der Waals surface area contributed by atoms with Gasteiger partial charge in [-0.1, -0.05) is 0 Å². The lowest BCUT2D eigenvalue weighted by molar-refractivity contribution is -0.0225. The Kier molecular flexibility index (Phi) is 3.03. The molecule has 20 heavy (non-hydrogen) atoms. The van der Waals surface area contributed by atoms with Crippen molar-refractivity contribution in [3.05, 3.63) is 24.3 Å². The number of hydrogen-bond acceptors (Lipinski definition) is 6. The molecule has 1 saturated heterocycles. The van der Waals surface area contributed by atoms with Crippen molar-refractivity contribution in [2.45, 2.75) is 23.6 Å². The molecule has 1 fully saturated rings. The van der Waals surface area contributed by atoms with Crippen molar-refractivity contribution in [3.8, 4) is 0 Å². The lowest BCUT2D eigenvalue weighted by atomic mass is 10.1. The number of nitrogen functional groups attached to an aromatic ring is 1. The molecule has 0 radical (unpaired) electrons. The standard InChI is InChI=1S/C12H16N4O3S/c1-12(14-15-12)11-8-16(6-7-19-11)20(17,18)10-4-2-9(13)3-5-10/h2-5,11H,6-8,13H2,1H3. The van der Waals surface area contributed by atoms with Crippen LogP contribution in [0, 0.1) is 0 Å². The minimum absolute atomic E-state index is 0.238. The second-order valence-electron chi connectivity index (χ2n) is 5.09. The van der Waals surface area contributed by atoms with E-state index in [1.165, 1.54) is 16.4 Å². The third-order valence-corrected chi connectivity index (χ3v) is 5.45. The number of anilines is 1. The maximum absolute atomic E-state index is 12.6. The van der Waals surface area contributed by atoms with Gasteiger partial charge in [0.1, 0.15) is 6.10 Å². The van der Waals surface area contributed by atoms with E-state index in [-0.39, 0.29) is 17.5 Å². The first-order valence-electron chi connectivity index (χ1n) is 6.33. The Morgan fingerprint density at radius 3 is 2.60 bits per heavy atom. The van der Waals surface area contributed by atoms with E-state index >= 15 is 0 Å². The van der Waals surface area contributed by atoms with Crippen LogP contribution in [-0.4, -0.2) is 44.2 Å². The summed E-state index contributed by atoms with van der Waals surface area (Å²) in [6, 6.07) is 6.20. The quantitative estimate of drug-likeness (QED) is 0.836. The Balaban J connectivity index is 1.82. The highest BCUT2D eigenvalue weighted by Crippen LogP contribution is 2.35. The average molecular weight is 296 g/mol. The third-order valence-electron chi connectivity index (χ3n) is 3.57. The zero-order valence-electron chi connectivity index (χ0n) is 11.1. The number of hydrogen-bond donors (Lipinski definition) is 1. The second kappa shape index (κ2) is 4.51. The topological polar surface area (TPSA) is 97.4 Å². The summed E-state index contributed by atoms with van der Waals surface area (Å²) < 4.78 is 32.1. The molecule has 1 unspecified atom stereocenters. The fraction of sp³-hybridized carbons (Fsp3) is 0.500. The van der Waals surface area contributed by atoms with Crippen LogP contribution in [0.15, 0.2) is 39.4 Å². The van der Waals surface area contributed by atoms with Gasteiger partial charge in [0.25, 0.3) is 0 Å². The van der Waals surface area contributed by atoms with E-state index in [1.54, 1.807) is 12.1 Å². The van der Waals surface area contributed by atoms with Crippen LogP contribution in [0.2, 0.25) is 0 Å². The summed E-state index contributed by atoms with van der Waals surface area (Å²) in [5, 5.41) is 7.84. The summed E-state index contributed by atoms with van der Waals surface area (Å²) >= 11 is 0. The van der Waals surface area contributed by atoms with Crippen molar-refractivity contribution < 1.29 is 13.2 Å². The fourth-order valence-electron chi connectivity index (χ4n) is 2.17. The molecule has 1 atom stereocenters. The molecule has 1 aromatic rings. The molecule has 0 saturated carbocycles. The van der Waals surface area contributed by atoms with Crippen LogP contribution >= 0.6 is 0 Å². The summed E-state index contributed by atoms with van der Waals surface area (Å²) in [4.78, 5) is 0.238. The van der Waals surface area contributed by atoms with E-state index in [4.69, 9.17) is 10.5 Å². The Labute approximate surface area is 117 Å². The maximum atomic E-state index is 12.6. The molecule has 0 aromatic heterocycles. The van der Waals surface area contributed by atoms with Gasteiger partial charge in [-0.2, -0.15) is 14.5 Å². The number of benzene rings is 1. The van der Waals surface area contributed by atoms with Crippen molar-refractivity contribution in [2.75, 3.05) is 25.4 Å². The molecule has 0 bridgehead atoms. The van der Waals surface area contributed by atoms with Gasteiger partial charge in [-0.25, -0.2) is 8.42 Å². The number of nitrogens with two attached hydrogens (primary N) is 1. The van der Waals surface area contributed by atoms with Gasteiger partial charge in [0.15, 0.2) is 0 Å². The molecule has 3 rings (SSSR count). The van der Waals surface area contributed by atoms with E-state index < -0.39 is 15.7 Å². The summed E-state index contributed by atoms with van der Waals surface area (Å²) in [5.74, 6) is 0. The highest BCUT2D eigenvalue weighted by molar-refractivity contribution is 7.89. The molecule has 2 heterocycles. The van der Waals surface area contributed by atoms with Crippen LogP contribution in [-0.2, 0) is 14.8 Å². The molecular formula is C12H16N4O3S. The van der Waals surface area contributed by atoms with Crippen LogP contribution in [0.25, 0.3) is 0 Å². The van der Waals surface area contributed by atoms with Gasteiger partial charge in [0.2, 0.25) is 15.7 Å².